The lowest BCUT2D eigenvalue weighted by Gasteiger charge is -2.23. The molecule has 0 aliphatic rings. The Morgan fingerprint density at radius 1 is 1.00 bits per heavy atom. The van der Waals surface area contributed by atoms with E-state index in [-0.39, 0.29) is 23.7 Å². The molecule has 2 atom stereocenters. The third-order valence-electron chi connectivity index (χ3n) is 4.38. The van der Waals surface area contributed by atoms with E-state index in [1.165, 1.54) is 0 Å². The predicted molar refractivity (Wildman–Crippen MR) is 102 cm³/mol. The van der Waals surface area contributed by atoms with Crippen LogP contribution in [0.25, 0.3) is 0 Å². The third-order valence-corrected chi connectivity index (χ3v) is 4.38. The van der Waals surface area contributed by atoms with Crippen LogP contribution in [-0.2, 0) is 4.79 Å². The summed E-state index contributed by atoms with van der Waals surface area (Å²) in [5.41, 5.74) is 2.19. The molecule has 0 aliphatic heterocycles. The second-order valence-electron chi connectivity index (χ2n) is 6.20. The van der Waals surface area contributed by atoms with Gasteiger partial charge in [-0.3, -0.25) is 9.59 Å². The minimum Gasteiger partial charge on any atom is -0.352 e. The molecule has 0 saturated heterocycles. The highest BCUT2D eigenvalue weighted by atomic mass is 16.2. The Kier molecular flexibility index (Phi) is 6.75. The molecule has 2 amide bonds. The average molecular weight is 338 g/mol. The van der Waals surface area contributed by atoms with Gasteiger partial charge >= 0.3 is 0 Å². The van der Waals surface area contributed by atoms with Gasteiger partial charge in [0.2, 0.25) is 5.91 Å². The van der Waals surface area contributed by atoms with Gasteiger partial charge in [0, 0.05) is 17.8 Å². The second-order valence-corrected chi connectivity index (χ2v) is 6.20. The lowest BCUT2D eigenvalue weighted by atomic mass is 9.85. The Bertz CT molecular complexity index is 713. The van der Waals surface area contributed by atoms with E-state index in [4.69, 9.17) is 0 Å². The first-order valence-corrected chi connectivity index (χ1v) is 8.80. The van der Waals surface area contributed by atoms with Crippen LogP contribution >= 0.6 is 0 Å². The van der Waals surface area contributed by atoms with Crippen molar-refractivity contribution in [2.45, 2.75) is 33.1 Å². The SMILES string of the molecule is CCNC(=O)c1cccc(NC(=O)C(c2ccccc2)C(C)CC)c1. The van der Waals surface area contributed by atoms with Crippen molar-refractivity contribution < 1.29 is 9.59 Å². The predicted octanol–water partition coefficient (Wildman–Crippen LogP) is 4.20. The Hall–Kier alpha value is -2.62. The summed E-state index contributed by atoms with van der Waals surface area (Å²) < 4.78 is 0. The molecule has 0 aliphatic carbocycles. The Labute approximate surface area is 149 Å². The highest BCUT2D eigenvalue weighted by Gasteiger charge is 2.25. The first kappa shape index (κ1) is 18.7. The van der Waals surface area contributed by atoms with Crippen molar-refractivity contribution in [1.82, 2.24) is 5.32 Å². The van der Waals surface area contributed by atoms with Gasteiger partial charge in [0.25, 0.3) is 5.91 Å². The van der Waals surface area contributed by atoms with Crippen LogP contribution in [0.1, 0.15) is 49.0 Å². The molecule has 2 unspecified atom stereocenters. The van der Waals surface area contributed by atoms with Crippen molar-refractivity contribution in [1.29, 1.82) is 0 Å². The maximum Gasteiger partial charge on any atom is 0.251 e. The van der Waals surface area contributed by atoms with Gasteiger partial charge in [-0.25, -0.2) is 0 Å². The van der Waals surface area contributed by atoms with E-state index < -0.39 is 0 Å². The number of nitrogens with one attached hydrogen (secondary N) is 2. The molecule has 2 N–H and O–H groups in total. The lowest BCUT2D eigenvalue weighted by molar-refractivity contribution is -0.118. The minimum atomic E-state index is -0.223. The van der Waals surface area contributed by atoms with Gasteiger partial charge < -0.3 is 10.6 Å². The number of hydrogen-bond donors (Lipinski definition) is 2. The zero-order valence-corrected chi connectivity index (χ0v) is 15.1. The first-order valence-electron chi connectivity index (χ1n) is 8.80. The number of carbonyl (C=O) groups is 2. The van der Waals surface area contributed by atoms with Gasteiger partial charge in [-0.1, -0.05) is 56.7 Å². The molecule has 2 aromatic rings. The van der Waals surface area contributed by atoms with E-state index in [1.54, 1.807) is 24.3 Å². The Morgan fingerprint density at radius 2 is 1.72 bits per heavy atom. The van der Waals surface area contributed by atoms with E-state index >= 15 is 0 Å². The fraction of sp³-hybridized carbons (Fsp3) is 0.333. The molecule has 0 spiro atoms. The van der Waals surface area contributed by atoms with Crippen molar-refractivity contribution in [3.05, 3.63) is 65.7 Å². The topological polar surface area (TPSA) is 58.2 Å². The number of anilines is 1. The lowest BCUT2D eigenvalue weighted by Crippen LogP contribution is -2.26. The molecule has 0 bridgehead atoms. The van der Waals surface area contributed by atoms with E-state index in [9.17, 15) is 9.59 Å². The third kappa shape index (κ3) is 4.92. The van der Waals surface area contributed by atoms with E-state index in [1.807, 2.05) is 37.3 Å². The molecule has 0 aromatic heterocycles. The van der Waals surface area contributed by atoms with Crippen molar-refractivity contribution in [2.24, 2.45) is 5.92 Å². The summed E-state index contributed by atoms with van der Waals surface area (Å²) in [5.74, 6) is -0.193. The average Bonchev–Trinajstić information content (AvgIpc) is 2.63. The zero-order chi connectivity index (χ0) is 18.2. The van der Waals surface area contributed by atoms with Gasteiger partial charge in [-0.15, -0.1) is 0 Å². The summed E-state index contributed by atoms with van der Waals surface area (Å²) >= 11 is 0. The first-order chi connectivity index (χ1) is 12.1. The molecule has 0 radical (unpaired) electrons. The van der Waals surface area contributed by atoms with Gasteiger partial charge in [-0.2, -0.15) is 0 Å². The maximum atomic E-state index is 12.9. The smallest absolute Gasteiger partial charge is 0.251 e. The fourth-order valence-corrected chi connectivity index (χ4v) is 2.86. The number of rotatable bonds is 7. The number of benzene rings is 2. The van der Waals surface area contributed by atoms with Crippen molar-refractivity contribution in [3.63, 3.8) is 0 Å². The van der Waals surface area contributed by atoms with Crippen LogP contribution in [0.4, 0.5) is 5.69 Å². The van der Waals surface area contributed by atoms with Crippen LogP contribution in [-0.4, -0.2) is 18.4 Å². The molecule has 25 heavy (non-hydrogen) atoms. The summed E-state index contributed by atoms with van der Waals surface area (Å²) in [7, 11) is 0. The van der Waals surface area contributed by atoms with Gasteiger partial charge in [0.05, 0.1) is 5.92 Å². The van der Waals surface area contributed by atoms with Crippen LogP contribution < -0.4 is 10.6 Å². The van der Waals surface area contributed by atoms with Crippen molar-refractivity contribution in [2.75, 3.05) is 11.9 Å². The summed E-state index contributed by atoms with van der Waals surface area (Å²) in [6, 6.07) is 16.9. The summed E-state index contributed by atoms with van der Waals surface area (Å²) in [6.07, 6.45) is 0.909. The second kappa shape index (κ2) is 9.02. The zero-order valence-electron chi connectivity index (χ0n) is 15.1. The van der Waals surface area contributed by atoms with Crippen LogP contribution in [0.15, 0.2) is 54.6 Å². The molecular formula is C21H26N2O2. The molecule has 2 aromatic carbocycles. The minimum absolute atomic E-state index is 0.0476. The van der Waals surface area contributed by atoms with Crippen LogP contribution in [0.3, 0.4) is 0 Å². The van der Waals surface area contributed by atoms with Crippen LogP contribution in [0.2, 0.25) is 0 Å². The highest BCUT2D eigenvalue weighted by molar-refractivity contribution is 5.99. The van der Waals surface area contributed by atoms with Gasteiger partial charge in [0.1, 0.15) is 0 Å². The largest absolute Gasteiger partial charge is 0.352 e. The standard InChI is InChI=1S/C21H26N2O2/c1-4-15(3)19(16-10-7-6-8-11-16)21(25)23-18-13-9-12-17(14-18)20(24)22-5-2/h6-15,19H,4-5H2,1-3H3,(H,22,24)(H,23,25). The number of carbonyl (C=O) groups excluding carboxylic acids is 2. The molecule has 2 rings (SSSR count). The van der Waals surface area contributed by atoms with Crippen LogP contribution in [0.5, 0.6) is 0 Å². The summed E-state index contributed by atoms with van der Waals surface area (Å²) in [6.45, 7) is 6.62. The Balaban J connectivity index is 2.21. The van der Waals surface area contributed by atoms with Crippen molar-refractivity contribution in [3.8, 4) is 0 Å². The van der Waals surface area contributed by atoms with E-state index in [2.05, 4.69) is 24.5 Å². The quantitative estimate of drug-likeness (QED) is 0.795. The molecule has 0 heterocycles. The van der Waals surface area contributed by atoms with Gasteiger partial charge in [0.15, 0.2) is 0 Å². The maximum absolute atomic E-state index is 12.9. The van der Waals surface area contributed by atoms with Crippen LogP contribution in [0, 0.1) is 5.92 Å². The molecule has 0 saturated carbocycles. The normalized spacial score (nSPS) is 12.9. The molecule has 4 nitrogen and oxygen atoms in total. The summed E-state index contributed by atoms with van der Waals surface area (Å²) in [5, 5.41) is 5.74. The number of amides is 2. The summed E-state index contributed by atoms with van der Waals surface area (Å²) in [4.78, 5) is 24.9. The molecule has 4 heteroatoms. The molecular weight excluding hydrogens is 312 g/mol. The van der Waals surface area contributed by atoms with E-state index in [0.717, 1.165) is 12.0 Å². The van der Waals surface area contributed by atoms with Crippen molar-refractivity contribution >= 4 is 17.5 Å². The van der Waals surface area contributed by atoms with E-state index in [0.29, 0.717) is 17.8 Å². The Morgan fingerprint density at radius 3 is 2.36 bits per heavy atom. The molecule has 0 fully saturated rings. The van der Waals surface area contributed by atoms with Gasteiger partial charge in [-0.05, 0) is 36.6 Å². The fourth-order valence-electron chi connectivity index (χ4n) is 2.86. The highest BCUT2D eigenvalue weighted by Crippen LogP contribution is 2.28. The number of hydrogen-bond acceptors (Lipinski definition) is 2. The molecule has 132 valence electrons. The monoisotopic (exact) mass is 338 g/mol.